The Labute approximate surface area is 110 Å². The Morgan fingerprint density at radius 3 is 2.89 bits per heavy atom. The maximum atomic E-state index is 11.1. The van der Waals surface area contributed by atoms with Crippen LogP contribution in [-0.4, -0.2) is 33.5 Å². The first-order valence-electron chi connectivity index (χ1n) is 5.96. The number of aliphatic carboxylic acids is 1. The molecule has 2 aromatic rings. The van der Waals surface area contributed by atoms with Gasteiger partial charge in [0, 0.05) is 37.2 Å². The van der Waals surface area contributed by atoms with Gasteiger partial charge in [0.2, 0.25) is 0 Å². The van der Waals surface area contributed by atoms with Crippen molar-refractivity contribution in [1.29, 1.82) is 0 Å². The second-order valence-corrected chi connectivity index (χ2v) is 4.47. The first kappa shape index (κ1) is 13.4. The van der Waals surface area contributed by atoms with Gasteiger partial charge in [-0.1, -0.05) is 0 Å². The zero-order chi connectivity index (χ0) is 14.0. The molecule has 6 heteroatoms. The highest BCUT2D eigenvalue weighted by molar-refractivity contribution is 5.86. The second kappa shape index (κ2) is 5.29. The molecule has 19 heavy (non-hydrogen) atoms. The lowest BCUT2D eigenvalue weighted by Gasteiger charge is -2.12. The molecule has 0 spiro atoms. The van der Waals surface area contributed by atoms with E-state index >= 15 is 0 Å². The van der Waals surface area contributed by atoms with E-state index in [2.05, 4.69) is 5.32 Å². The minimum absolute atomic E-state index is 0.104. The van der Waals surface area contributed by atoms with Crippen LogP contribution in [0.15, 0.2) is 24.4 Å². The maximum Gasteiger partial charge on any atom is 0.321 e. The van der Waals surface area contributed by atoms with Gasteiger partial charge in [-0.15, -0.1) is 0 Å². The molecule has 0 bridgehead atoms. The molecule has 0 amide bonds. The van der Waals surface area contributed by atoms with Crippen LogP contribution in [0.3, 0.4) is 0 Å². The molecular formula is C13H17N3O3. The third kappa shape index (κ3) is 2.69. The lowest BCUT2D eigenvalue weighted by Crippen LogP contribution is -2.41. The Balaban J connectivity index is 2.39. The van der Waals surface area contributed by atoms with Crippen LogP contribution in [-0.2, 0) is 18.3 Å². The van der Waals surface area contributed by atoms with Crippen LogP contribution in [0.2, 0.25) is 0 Å². The summed E-state index contributed by atoms with van der Waals surface area (Å²) in [6.45, 7) is 0.104. The third-order valence-electron chi connectivity index (χ3n) is 3.14. The number of carboxylic acid groups (broad SMARTS) is 1. The monoisotopic (exact) mass is 263 g/mol. The molecule has 6 nitrogen and oxygen atoms in total. The van der Waals surface area contributed by atoms with Gasteiger partial charge in [0.25, 0.3) is 0 Å². The van der Waals surface area contributed by atoms with E-state index in [0.29, 0.717) is 6.42 Å². The van der Waals surface area contributed by atoms with E-state index in [1.807, 2.05) is 17.8 Å². The molecule has 1 heterocycles. The number of hydrogen-bond acceptors (Lipinski definition) is 4. The summed E-state index contributed by atoms with van der Waals surface area (Å²) in [5.41, 5.74) is 7.15. The van der Waals surface area contributed by atoms with Crippen molar-refractivity contribution in [1.82, 2.24) is 9.88 Å². The minimum atomic E-state index is -0.942. The molecule has 0 saturated heterocycles. The lowest BCUT2D eigenvalue weighted by molar-refractivity contribution is -0.139. The topological polar surface area (TPSA) is 101 Å². The van der Waals surface area contributed by atoms with Crippen LogP contribution in [0.1, 0.15) is 5.56 Å². The quantitative estimate of drug-likeness (QED) is 0.584. The fourth-order valence-electron chi connectivity index (χ4n) is 2.23. The van der Waals surface area contributed by atoms with E-state index in [4.69, 9.17) is 10.8 Å². The molecule has 0 radical (unpaired) electrons. The van der Waals surface area contributed by atoms with Crippen LogP contribution in [0.4, 0.5) is 0 Å². The molecule has 2 rings (SSSR count). The molecule has 0 aliphatic carbocycles. The van der Waals surface area contributed by atoms with Crippen LogP contribution in [0.25, 0.3) is 10.9 Å². The fraction of sp³-hybridized carbons (Fsp3) is 0.308. The Kier molecular flexibility index (Phi) is 3.73. The average molecular weight is 263 g/mol. The predicted molar refractivity (Wildman–Crippen MR) is 71.9 cm³/mol. The zero-order valence-electron chi connectivity index (χ0n) is 10.6. The van der Waals surface area contributed by atoms with Gasteiger partial charge >= 0.3 is 5.97 Å². The number of nitrogens with zero attached hydrogens (tertiary/aromatic N) is 1. The Morgan fingerprint density at radius 1 is 1.53 bits per heavy atom. The molecule has 1 unspecified atom stereocenters. The molecule has 0 saturated carbocycles. The van der Waals surface area contributed by atoms with Gasteiger partial charge in [0.05, 0.1) is 0 Å². The number of aryl methyl sites for hydroxylation is 1. The number of aromatic nitrogens is 1. The van der Waals surface area contributed by atoms with E-state index in [9.17, 15) is 9.90 Å². The van der Waals surface area contributed by atoms with Gasteiger partial charge in [0.15, 0.2) is 0 Å². The third-order valence-corrected chi connectivity index (χ3v) is 3.14. The molecular weight excluding hydrogens is 246 g/mol. The largest absolute Gasteiger partial charge is 0.508 e. The zero-order valence-corrected chi connectivity index (χ0v) is 10.6. The number of phenolic OH excluding ortho intramolecular Hbond substituents is 1. The van der Waals surface area contributed by atoms with Crippen molar-refractivity contribution in [2.75, 3.05) is 6.67 Å². The van der Waals surface area contributed by atoms with Gasteiger partial charge in [-0.2, -0.15) is 0 Å². The summed E-state index contributed by atoms with van der Waals surface area (Å²) in [7, 11) is 1.88. The summed E-state index contributed by atoms with van der Waals surface area (Å²) in [4.78, 5) is 11.1. The minimum Gasteiger partial charge on any atom is -0.508 e. The van der Waals surface area contributed by atoms with Crippen molar-refractivity contribution in [3.8, 4) is 5.75 Å². The van der Waals surface area contributed by atoms with E-state index in [1.54, 1.807) is 18.2 Å². The second-order valence-electron chi connectivity index (χ2n) is 4.47. The van der Waals surface area contributed by atoms with Crippen molar-refractivity contribution in [3.05, 3.63) is 30.0 Å². The number of fused-ring (bicyclic) bond motifs is 1. The first-order valence-corrected chi connectivity index (χ1v) is 5.96. The fourth-order valence-corrected chi connectivity index (χ4v) is 2.23. The molecule has 1 atom stereocenters. The molecule has 1 aromatic carbocycles. The summed E-state index contributed by atoms with van der Waals surface area (Å²) in [6, 6.07) is 4.32. The van der Waals surface area contributed by atoms with Gasteiger partial charge in [-0.05, 0) is 23.8 Å². The lowest BCUT2D eigenvalue weighted by atomic mass is 10.0. The number of benzene rings is 1. The number of phenols is 1. The molecule has 5 N–H and O–H groups in total. The Hall–Kier alpha value is -2.05. The van der Waals surface area contributed by atoms with Crippen molar-refractivity contribution in [3.63, 3.8) is 0 Å². The van der Waals surface area contributed by atoms with E-state index in [0.717, 1.165) is 16.5 Å². The van der Waals surface area contributed by atoms with E-state index in [-0.39, 0.29) is 12.4 Å². The highest BCUT2D eigenvalue weighted by Gasteiger charge is 2.19. The van der Waals surface area contributed by atoms with E-state index in [1.165, 1.54) is 0 Å². The molecule has 0 aliphatic rings. The number of rotatable bonds is 5. The number of carboxylic acids is 1. The standard InChI is InChI=1S/C13H17N3O3/c1-16-6-8(4-11(13(18)19)15-7-14)10-5-9(17)2-3-12(10)16/h2-3,5-6,11,15,17H,4,7,14H2,1H3,(H,18,19). The number of hydrogen-bond donors (Lipinski definition) is 4. The van der Waals surface area contributed by atoms with Crippen LogP contribution in [0, 0.1) is 0 Å². The highest BCUT2D eigenvalue weighted by Crippen LogP contribution is 2.25. The number of aromatic hydroxyl groups is 1. The number of carbonyl (C=O) groups is 1. The number of nitrogens with two attached hydrogens (primary N) is 1. The highest BCUT2D eigenvalue weighted by atomic mass is 16.4. The Bertz CT molecular complexity index is 606. The van der Waals surface area contributed by atoms with Crippen molar-refractivity contribution in [2.24, 2.45) is 12.8 Å². The molecule has 0 aliphatic heterocycles. The summed E-state index contributed by atoms with van der Waals surface area (Å²) >= 11 is 0. The summed E-state index contributed by atoms with van der Waals surface area (Å²) in [5, 5.41) is 22.3. The van der Waals surface area contributed by atoms with Crippen LogP contribution < -0.4 is 11.1 Å². The van der Waals surface area contributed by atoms with Gasteiger partial charge < -0.3 is 20.5 Å². The molecule has 102 valence electrons. The van der Waals surface area contributed by atoms with Gasteiger partial charge in [0.1, 0.15) is 11.8 Å². The van der Waals surface area contributed by atoms with E-state index < -0.39 is 12.0 Å². The Morgan fingerprint density at radius 2 is 2.26 bits per heavy atom. The van der Waals surface area contributed by atoms with Crippen molar-refractivity contribution >= 4 is 16.9 Å². The van der Waals surface area contributed by atoms with Gasteiger partial charge in [-0.3, -0.25) is 10.1 Å². The summed E-state index contributed by atoms with van der Waals surface area (Å²) in [5.74, 6) is -0.777. The average Bonchev–Trinajstić information content (AvgIpc) is 2.65. The smallest absolute Gasteiger partial charge is 0.321 e. The normalized spacial score (nSPS) is 12.7. The summed E-state index contributed by atoms with van der Waals surface area (Å²) in [6.07, 6.45) is 2.19. The number of nitrogens with one attached hydrogen (secondary N) is 1. The van der Waals surface area contributed by atoms with Crippen molar-refractivity contribution in [2.45, 2.75) is 12.5 Å². The van der Waals surface area contributed by atoms with Crippen LogP contribution >= 0.6 is 0 Å². The first-order chi connectivity index (χ1) is 9.02. The molecule has 0 fully saturated rings. The predicted octanol–water partition coefficient (Wildman–Crippen LogP) is 0.385. The van der Waals surface area contributed by atoms with Crippen molar-refractivity contribution < 1.29 is 15.0 Å². The molecule has 1 aromatic heterocycles. The summed E-state index contributed by atoms with van der Waals surface area (Å²) < 4.78 is 1.91. The SMILES string of the molecule is Cn1cc(CC(NCN)C(=O)O)c2cc(O)ccc21. The van der Waals surface area contributed by atoms with Crippen LogP contribution in [0.5, 0.6) is 5.75 Å². The maximum absolute atomic E-state index is 11.1. The van der Waals surface area contributed by atoms with Gasteiger partial charge in [-0.25, -0.2) is 0 Å².